The first-order valence-corrected chi connectivity index (χ1v) is 11.4. The molecule has 2 amide bonds. The third kappa shape index (κ3) is 6.34. The van der Waals surface area contributed by atoms with Gasteiger partial charge >= 0.3 is 0 Å². The Bertz CT molecular complexity index is 1400. The van der Waals surface area contributed by atoms with Gasteiger partial charge in [0.2, 0.25) is 0 Å². The van der Waals surface area contributed by atoms with Gasteiger partial charge in [-0.2, -0.15) is 5.10 Å². The number of methoxy groups -OCH3 is 2. The minimum atomic E-state index is -0.347. The van der Waals surface area contributed by atoms with E-state index >= 15 is 0 Å². The molecule has 0 aliphatic heterocycles. The van der Waals surface area contributed by atoms with Gasteiger partial charge in [0.25, 0.3) is 11.8 Å². The smallest absolute Gasteiger partial charge is 0.273 e. The molecule has 4 rings (SSSR count). The van der Waals surface area contributed by atoms with E-state index in [1.807, 2.05) is 47.3 Å². The summed E-state index contributed by atoms with van der Waals surface area (Å²) in [6.07, 6.45) is 5.23. The quantitative estimate of drug-likeness (QED) is 0.251. The van der Waals surface area contributed by atoms with E-state index in [-0.39, 0.29) is 18.4 Å². The highest BCUT2D eigenvalue weighted by atomic mass is 16.5. The van der Waals surface area contributed by atoms with Crippen LogP contribution in [0.3, 0.4) is 0 Å². The number of para-hydroxylation sites is 3. The number of carbonyl (C=O) groups excluding carboxylic acids is 2. The molecule has 0 saturated heterocycles. The summed E-state index contributed by atoms with van der Waals surface area (Å²) in [5, 5.41) is 6.83. The topological polar surface area (TPSA) is 103 Å². The number of hydrazone groups is 1. The molecule has 0 saturated carbocycles. The molecule has 37 heavy (non-hydrogen) atoms. The molecule has 1 aromatic heterocycles. The van der Waals surface area contributed by atoms with Crippen molar-refractivity contribution in [2.45, 2.75) is 0 Å². The molecule has 0 unspecified atom stereocenters. The van der Waals surface area contributed by atoms with Crippen molar-refractivity contribution in [2.24, 2.45) is 5.10 Å². The van der Waals surface area contributed by atoms with Crippen molar-refractivity contribution in [3.63, 3.8) is 0 Å². The van der Waals surface area contributed by atoms with Crippen LogP contribution >= 0.6 is 0 Å². The minimum Gasteiger partial charge on any atom is -0.495 e. The Morgan fingerprint density at radius 2 is 1.59 bits per heavy atom. The number of ether oxygens (including phenoxy) is 3. The first-order valence-electron chi connectivity index (χ1n) is 11.4. The first kappa shape index (κ1) is 25.1. The summed E-state index contributed by atoms with van der Waals surface area (Å²) in [5.41, 5.74) is 5.01. The third-order valence-corrected chi connectivity index (χ3v) is 5.34. The Morgan fingerprint density at radius 1 is 0.865 bits per heavy atom. The molecule has 9 heteroatoms. The summed E-state index contributed by atoms with van der Waals surface area (Å²) in [7, 11) is 3.03. The van der Waals surface area contributed by atoms with Gasteiger partial charge in [0.15, 0.2) is 18.1 Å². The van der Waals surface area contributed by atoms with E-state index in [2.05, 4.69) is 15.8 Å². The minimum absolute atomic E-state index is 0.224. The van der Waals surface area contributed by atoms with Crippen LogP contribution in [0, 0.1) is 0 Å². The molecule has 0 bridgehead atoms. The lowest BCUT2D eigenvalue weighted by Crippen LogP contribution is -2.20. The zero-order valence-corrected chi connectivity index (χ0v) is 20.4. The number of hydrogen-bond donors (Lipinski definition) is 2. The molecule has 9 nitrogen and oxygen atoms in total. The van der Waals surface area contributed by atoms with Crippen molar-refractivity contribution in [3.05, 3.63) is 102 Å². The van der Waals surface area contributed by atoms with Gasteiger partial charge in [-0.3, -0.25) is 9.59 Å². The number of nitrogens with one attached hydrogen (secondary N) is 2. The predicted molar refractivity (Wildman–Crippen MR) is 141 cm³/mol. The van der Waals surface area contributed by atoms with Crippen molar-refractivity contribution in [3.8, 4) is 22.9 Å². The number of aromatic nitrogens is 1. The van der Waals surface area contributed by atoms with Gasteiger partial charge in [-0.1, -0.05) is 24.3 Å². The summed E-state index contributed by atoms with van der Waals surface area (Å²) >= 11 is 0. The van der Waals surface area contributed by atoms with Gasteiger partial charge in [-0.15, -0.1) is 0 Å². The van der Waals surface area contributed by atoms with Crippen LogP contribution in [0.4, 0.5) is 5.69 Å². The molecule has 0 aliphatic rings. The Morgan fingerprint density at radius 3 is 2.38 bits per heavy atom. The SMILES string of the molecule is COc1ccccc1NC(=O)COc1ccc(/C=N\NC(=O)c2ccccc2-n2cccc2)cc1OC. The largest absolute Gasteiger partial charge is 0.495 e. The number of hydrogen-bond acceptors (Lipinski definition) is 6. The predicted octanol–water partition coefficient (Wildman–Crippen LogP) is 4.28. The second-order valence-corrected chi connectivity index (χ2v) is 7.75. The Labute approximate surface area is 214 Å². The lowest BCUT2D eigenvalue weighted by molar-refractivity contribution is -0.118. The highest BCUT2D eigenvalue weighted by molar-refractivity contribution is 5.98. The van der Waals surface area contributed by atoms with Crippen molar-refractivity contribution in [1.29, 1.82) is 0 Å². The fraction of sp³-hybridized carbons (Fsp3) is 0.107. The maximum atomic E-state index is 12.7. The van der Waals surface area contributed by atoms with Crippen LogP contribution in [0.5, 0.6) is 17.2 Å². The monoisotopic (exact) mass is 498 g/mol. The average Bonchev–Trinajstić information content (AvgIpc) is 3.47. The zero-order valence-electron chi connectivity index (χ0n) is 20.4. The summed E-state index contributed by atoms with van der Waals surface area (Å²) in [6.45, 7) is -0.224. The van der Waals surface area contributed by atoms with Crippen molar-refractivity contribution in [1.82, 2.24) is 9.99 Å². The van der Waals surface area contributed by atoms with Crippen molar-refractivity contribution in [2.75, 3.05) is 26.1 Å². The maximum Gasteiger partial charge on any atom is 0.273 e. The summed E-state index contributed by atoms with van der Waals surface area (Å²) < 4.78 is 18.1. The number of nitrogens with zero attached hydrogens (tertiary/aromatic N) is 2. The highest BCUT2D eigenvalue weighted by Gasteiger charge is 2.12. The van der Waals surface area contributed by atoms with Gasteiger partial charge in [0.05, 0.1) is 37.4 Å². The first-order chi connectivity index (χ1) is 18.1. The second-order valence-electron chi connectivity index (χ2n) is 7.75. The fourth-order valence-electron chi connectivity index (χ4n) is 3.57. The van der Waals surface area contributed by atoms with Gasteiger partial charge in [-0.05, 0) is 60.2 Å². The van der Waals surface area contributed by atoms with E-state index in [0.29, 0.717) is 34.1 Å². The van der Waals surface area contributed by atoms with Crippen LogP contribution in [-0.2, 0) is 4.79 Å². The lowest BCUT2D eigenvalue weighted by Gasteiger charge is -2.13. The van der Waals surface area contributed by atoms with E-state index < -0.39 is 0 Å². The molecule has 0 atom stereocenters. The molecule has 0 fully saturated rings. The van der Waals surface area contributed by atoms with Gasteiger partial charge in [0, 0.05) is 12.4 Å². The number of rotatable bonds is 10. The number of carbonyl (C=O) groups is 2. The molecule has 3 aromatic carbocycles. The Kier molecular flexibility index (Phi) is 8.18. The van der Waals surface area contributed by atoms with Crippen LogP contribution in [-0.4, -0.2) is 43.4 Å². The van der Waals surface area contributed by atoms with E-state index in [4.69, 9.17) is 14.2 Å². The Hall–Kier alpha value is -5.05. The summed E-state index contributed by atoms with van der Waals surface area (Å²) in [4.78, 5) is 25.1. The van der Waals surface area contributed by atoms with Crippen molar-refractivity contribution < 1.29 is 23.8 Å². The molecule has 4 aromatic rings. The van der Waals surface area contributed by atoms with Crippen LogP contribution in [0.2, 0.25) is 0 Å². The fourth-order valence-corrected chi connectivity index (χ4v) is 3.57. The lowest BCUT2D eigenvalue weighted by atomic mass is 10.1. The number of amides is 2. The van der Waals surface area contributed by atoms with Crippen LogP contribution in [0.15, 0.2) is 96.4 Å². The Balaban J connectivity index is 1.37. The summed E-state index contributed by atoms with van der Waals surface area (Å²) in [6, 6.07) is 23.2. The standard InChI is InChI=1S/C28H26N4O5/c1-35-24-12-6-4-10-22(24)30-27(33)19-37-25-14-13-20(17-26(25)36-2)18-29-31-28(34)21-9-3-5-11-23(21)32-15-7-8-16-32/h3-18H,19H2,1-2H3,(H,30,33)(H,31,34)/b29-18-. The zero-order chi connectivity index (χ0) is 26.0. The molecule has 0 aliphatic carbocycles. The maximum absolute atomic E-state index is 12.7. The van der Waals surface area contributed by atoms with Crippen molar-refractivity contribution >= 4 is 23.7 Å². The molecular formula is C28H26N4O5. The molecule has 0 spiro atoms. The molecule has 2 N–H and O–H groups in total. The van der Waals surface area contributed by atoms with Gasteiger partial charge in [0.1, 0.15) is 5.75 Å². The molecule has 188 valence electrons. The normalized spacial score (nSPS) is 10.6. The third-order valence-electron chi connectivity index (χ3n) is 5.34. The second kappa shape index (κ2) is 12.1. The van der Waals surface area contributed by atoms with Gasteiger partial charge < -0.3 is 24.1 Å². The van der Waals surface area contributed by atoms with E-state index in [1.54, 1.807) is 48.5 Å². The molecular weight excluding hydrogens is 472 g/mol. The molecule has 1 heterocycles. The van der Waals surface area contributed by atoms with E-state index in [1.165, 1.54) is 20.4 Å². The number of anilines is 1. The van der Waals surface area contributed by atoms with Gasteiger partial charge in [-0.25, -0.2) is 5.43 Å². The van der Waals surface area contributed by atoms with Crippen LogP contribution < -0.4 is 25.0 Å². The summed E-state index contributed by atoms with van der Waals surface area (Å²) in [5.74, 6) is 0.670. The van der Waals surface area contributed by atoms with E-state index in [0.717, 1.165) is 5.69 Å². The number of benzene rings is 3. The van der Waals surface area contributed by atoms with Crippen LogP contribution in [0.1, 0.15) is 15.9 Å². The average molecular weight is 499 g/mol. The molecule has 0 radical (unpaired) electrons. The van der Waals surface area contributed by atoms with Crippen LogP contribution in [0.25, 0.3) is 5.69 Å². The van der Waals surface area contributed by atoms with E-state index in [9.17, 15) is 9.59 Å². The highest BCUT2D eigenvalue weighted by Crippen LogP contribution is 2.28.